The van der Waals surface area contributed by atoms with Gasteiger partial charge in [-0.1, -0.05) is 6.07 Å². The van der Waals surface area contributed by atoms with Crippen LogP contribution in [-0.2, 0) is 19.1 Å². The van der Waals surface area contributed by atoms with Crippen LogP contribution in [-0.4, -0.2) is 39.9 Å². The van der Waals surface area contributed by atoms with Gasteiger partial charge in [-0.05, 0) is 17.7 Å². The summed E-state index contributed by atoms with van der Waals surface area (Å²) < 4.78 is 20.3. The highest BCUT2D eigenvalue weighted by molar-refractivity contribution is 6.07. The van der Waals surface area contributed by atoms with E-state index in [-0.39, 0.29) is 18.4 Å². The number of hydrogen-bond donors (Lipinski definition) is 0. The first-order chi connectivity index (χ1) is 10.1. The van der Waals surface area contributed by atoms with Crippen LogP contribution < -0.4 is 9.47 Å². The summed E-state index contributed by atoms with van der Waals surface area (Å²) in [5.41, 5.74) is -0.339. The lowest BCUT2D eigenvalue weighted by Gasteiger charge is -2.13. The van der Waals surface area contributed by atoms with Gasteiger partial charge in [0.2, 0.25) is 0 Å². The van der Waals surface area contributed by atoms with Gasteiger partial charge < -0.3 is 18.9 Å². The molecule has 0 radical (unpaired) electrons. The zero-order chi connectivity index (χ0) is 15.2. The molecule has 1 aromatic rings. The fraction of sp³-hybridized carbons (Fsp3) is 0.467. The van der Waals surface area contributed by atoms with Crippen molar-refractivity contribution in [2.75, 3.05) is 27.9 Å². The molecule has 1 aliphatic carbocycles. The van der Waals surface area contributed by atoms with Crippen molar-refractivity contribution in [1.29, 1.82) is 0 Å². The van der Waals surface area contributed by atoms with Crippen LogP contribution in [0.2, 0.25) is 0 Å². The number of ether oxygens (including phenoxy) is 4. The third-order valence-corrected chi connectivity index (χ3v) is 4.39. The van der Waals surface area contributed by atoms with E-state index in [0.29, 0.717) is 11.5 Å². The van der Waals surface area contributed by atoms with Gasteiger partial charge in [0.1, 0.15) is 0 Å². The zero-order valence-electron chi connectivity index (χ0n) is 12.0. The molecule has 6 heteroatoms. The van der Waals surface area contributed by atoms with Crippen molar-refractivity contribution in [3.05, 3.63) is 23.8 Å². The number of carbonyl (C=O) groups is 2. The first kappa shape index (κ1) is 13.7. The van der Waals surface area contributed by atoms with Gasteiger partial charge >= 0.3 is 11.9 Å². The van der Waals surface area contributed by atoms with E-state index in [1.165, 1.54) is 7.11 Å². The molecule has 0 unspecified atom stereocenters. The highest BCUT2D eigenvalue weighted by Gasteiger charge is 2.80. The van der Waals surface area contributed by atoms with Crippen LogP contribution in [0.4, 0.5) is 0 Å². The van der Waals surface area contributed by atoms with Crippen LogP contribution in [0, 0.1) is 11.3 Å². The minimum atomic E-state index is -1.19. The first-order valence-electron chi connectivity index (χ1n) is 6.58. The topological polar surface area (TPSA) is 71.1 Å². The summed E-state index contributed by atoms with van der Waals surface area (Å²) in [4.78, 5) is 24.1. The maximum absolute atomic E-state index is 12.1. The Balaban J connectivity index is 1.99. The normalized spacial score (nSPS) is 29.4. The van der Waals surface area contributed by atoms with Gasteiger partial charge in [-0.15, -0.1) is 0 Å². The van der Waals surface area contributed by atoms with Crippen LogP contribution in [0.15, 0.2) is 18.2 Å². The van der Waals surface area contributed by atoms with Crippen molar-refractivity contribution in [1.82, 2.24) is 0 Å². The van der Waals surface area contributed by atoms with Gasteiger partial charge in [-0.3, -0.25) is 9.59 Å². The lowest BCUT2D eigenvalue weighted by molar-refractivity contribution is -0.158. The highest BCUT2D eigenvalue weighted by Crippen LogP contribution is 2.69. The summed E-state index contributed by atoms with van der Waals surface area (Å²) in [6.45, 7) is 0.243. The minimum Gasteiger partial charge on any atom is -0.493 e. The molecule has 1 heterocycles. The summed E-state index contributed by atoms with van der Waals surface area (Å²) in [5.74, 6) is -0.273. The van der Waals surface area contributed by atoms with Gasteiger partial charge in [0.05, 0.1) is 27.9 Å². The van der Waals surface area contributed by atoms with E-state index >= 15 is 0 Å². The van der Waals surface area contributed by atoms with E-state index in [1.807, 2.05) is 6.07 Å². The molecular formula is C15H16O6. The highest BCUT2D eigenvalue weighted by atomic mass is 16.6. The molecule has 1 saturated heterocycles. The maximum Gasteiger partial charge on any atom is 0.324 e. The van der Waals surface area contributed by atoms with Gasteiger partial charge in [-0.25, -0.2) is 0 Å². The Kier molecular flexibility index (Phi) is 3.04. The fourth-order valence-corrected chi connectivity index (χ4v) is 3.32. The Hall–Kier alpha value is -2.24. The first-order valence-corrected chi connectivity index (χ1v) is 6.58. The van der Waals surface area contributed by atoms with Crippen molar-refractivity contribution in [3.8, 4) is 11.5 Å². The quantitative estimate of drug-likeness (QED) is 0.612. The van der Waals surface area contributed by atoms with Crippen molar-refractivity contribution in [3.63, 3.8) is 0 Å². The second kappa shape index (κ2) is 4.65. The lowest BCUT2D eigenvalue weighted by atomic mass is 9.99. The number of benzene rings is 1. The second-order valence-corrected chi connectivity index (χ2v) is 5.16. The van der Waals surface area contributed by atoms with Crippen LogP contribution in [0.3, 0.4) is 0 Å². The summed E-state index contributed by atoms with van der Waals surface area (Å²) >= 11 is 0. The SMILES string of the molecule is COC(=O)[C@@]12C(=O)OC[C@@H]1[C@H]2c1ccc(OC)c(OC)c1. The number of methoxy groups -OCH3 is 3. The smallest absolute Gasteiger partial charge is 0.324 e. The van der Waals surface area contributed by atoms with E-state index in [1.54, 1.807) is 26.4 Å². The van der Waals surface area contributed by atoms with E-state index in [0.717, 1.165) is 5.56 Å². The van der Waals surface area contributed by atoms with Gasteiger partial charge in [0.15, 0.2) is 16.9 Å². The minimum absolute atomic E-state index is 0.171. The molecule has 0 aromatic heterocycles. The molecule has 1 aromatic carbocycles. The van der Waals surface area contributed by atoms with Crippen molar-refractivity contribution in [2.45, 2.75) is 5.92 Å². The lowest BCUT2D eigenvalue weighted by Crippen LogP contribution is -2.28. The van der Waals surface area contributed by atoms with E-state index < -0.39 is 17.4 Å². The molecule has 0 bridgehead atoms. The molecule has 3 atom stereocenters. The second-order valence-electron chi connectivity index (χ2n) is 5.16. The van der Waals surface area contributed by atoms with Crippen LogP contribution in [0.5, 0.6) is 11.5 Å². The summed E-state index contributed by atoms with van der Waals surface area (Å²) in [7, 11) is 4.38. The number of rotatable bonds is 4. The zero-order valence-corrected chi connectivity index (χ0v) is 12.0. The molecule has 0 amide bonds. The van der Waals surface area contributed by atoms with Crippen LogP contribution in [0.1, 0.15) is 11.5 Å². The third kappa shape index (κ3) is 1.65. The van der Waals surface area contributed by atoms with E-state index in [4.69, 9.17) is 18.9 Å². The van der Waals surface area contributed by atoms with Gasteiger partial charge in [0, 0.05) is 11.8 Å². The van der Waals surface area contributed by atoms with E-state index in [9.17, 15) is 9.59 Å². The number of carbonyl (C=O) groups excluding carboxylic acids is 2. The predicted octanol–water partition coefficient (Wildman–Crippen LogP) is 1.13. The molecule has 112 valence electrons. The molecule has 21 heavy (non-hydrogen) atoms. The molecule has 3 rings (SSSR count). The molecule has 2 fully saturated rings. The maximum atomic E-state index is 12.1. The fourth-order valence-electron chi connectivity index (χ4n) is 3.32. The standard InChI is InChI=1S/C15H16O6/c1-18-10-5-4-8(6-11(10)19-2)12-9-7-21-14(17)15(9,12)13(16)20-3/h4-6,9,12H,7H2,1-3H3/t9-,12-,15-/m1/s1. The molecular weight excluding hydrogens is 276 g/mol. The summed E-state index contributed by atoms with van der Waals surface area (Å²) in [6.07, 6.45) is 0. The Morgan fingerprint density at radius 2 is 1.95 bits per heavy atom. The number of hydrogen-bond acceptors (Lipinski definition) is 6. The monoisotopic (exact) mass is 292 g/mol. The van der Waals surface area contributed by atoms with Crippen LogP contribution in [0.25, 0.3) is 0 Å². The van der Waals surface area contributed by atoms with Crippen molar-refractivity contribution in [2.24, 2.45) is 11.3 Å². The molecule has 0 spiro atoms. The largest absolute Gasteiger partial charge is 0.493 e. The van der Waals surface area contributed by atoms with Gasteiger partial charge in [-0.2, -0.15) is 0 Å². The average Bonchev–Trinajstić information content (AvgIpc) is 3.09. The molecule has 6 nitrogen and oxygen atoms in total. The summed E-state index contributed by atoms with van der Waals surface area (Å²) in [6, 6.07) is 5.39. The Labute approximate surface area is 121 Å². The average molecular weight is 292 g/mol. The molecule has 2 aliphatic rings. The number of cyclic esters (lactones) is 1. The Morgan fingerprint density at radius 3 is 2.57 bits per heavy atom. The van der Waals surface area contributed by atoms with Crippen molar-refractivity contribution < 1.29 is 28.5 Å². The Morgan fingerprint density at radius 1 is 1.24 bits per heavy atom. The number of esters is 2. The summed E-state index contributed by atoms with van der Waals surface area (Å²) in [5, 5.41) is 0. The Bertz CT molecular complexity index is 610. The molecule has 0 N–H and O–H groups in total. The van der Waals surface area contributed by atoms with Crippen molar-refractivity contribution >= 4 is 11.9 Å². The van der Waals surface area contributed by atoms with Crippen LogP contribution >= 0.6 is 0 Å². The van der Waals surface area contributed by atoms with Gasteiger partial charge in [0.25, 0.3) is 0 Å². The molecule has 1 aliphatic heterocycles. The van der Waals surface area contributed by atoms with E-state index in [2.05, 4.69) is 0 Å². The number of fused-ring (bicyclic) bond motifs is 1. The molecule has 1 saturated carbocycles. The predicted molar refractivity (Wildman–Crippen MR) is 71.2 cm³/mol. The third-order valence-electron chi connectivity index (χ3n) is 4.39.